The van der Waals surface area contributed by atoms with Gasteiger partial charge in [0.2, 0.25) is 0 Å². The van der Waals surface area contributed by atoms with E-state index in [1.165, 1.54) is 19.3 Å². The van der Waals surface area contributed by atoms with Crippen LogP contribution in [0.5, 0.6) is 0 Å². The van der Waals surface area contributed by atoms with Crippen LogP contribution in [0.15, 0.2) is 0 Å². The van der Waals surface area contributed by atoms with Crippen molar-refractivity contribution in [1.82, 2.24) is 10.4 Å². The zero-order valence-electron chi connectivity index (χ0n) is 6.47. The third-order valence-corrected chi connectivity index (χ3v) is 1.84. The molecule has 0 saturated carbocycles. The van der Waals surface area contributed by atoms with Crippen LogP contribution >= 0.6 is 0 Å². The monoisotopic (exact) mass is 143 g/mol. The summed E-state index contributed by atoms with van der Waals surface area (Å²) in [5.74, 6) is 0. The van der Waals surface area contributed by atoms with Gasteiger partial charge in [0.05, 0.1) is 0 Å². The van der Waals surface area contributed by atoms with Crippen molar-refractivity contribution >= 4 is 0 Å². The predicted octanol–water partition coefficient (Wildman–Crippen LogP) is -0.0644. The SMILES string of the molecule is NCCN1CCCCCN1. The Morgan fingerprint density at radius 1 is 1.30 bits per heavy atom. The van der Waals surface area contributed by atoms with E-state index in [1.54, 1.807) is 0 Å². The molecule has 0 atom stereocenters. The second kappa shape index (κ2) is 4.66. The minimum absolute atomic E-state index is 0.757. The van der Waals surface area contributed by atoms with Gasteiger partial charge in [0, 0.05) is 26.2 Å². The maximum Gasteiger partial charge on any atom is 0.0254 e. The summed E-state index contributed by atoms with van der Waals surface area (Å²) in [5.41, 5.74) is 8.76. The molecule has 1 aliphatic heterocycles. The first-order valence-electron chi connectivity index (χ1n) is 4.12. The van der Waals surface area contributed by atoms with E-state index in [1.807, 2.05) is 0 Å². The van der Waals surface area contributed by atoms with Crippen LogP contribution in [0.2, 0.25) is 0 Å². The summed E-state index contributed by atoms with van der Waals surface area (Å²) in [4.78, 5) is 0. The second-order valence-electron chi connectivity index (χ2n) is 2.74. The largest absolute Gasteiger partial charge is 0.329 e. The van der Waals surface area contributed by atoms with Gasteiger partial charge in [-0.25, -0.2) is 5.01 Å². The van der Waals surface area contributed by atoms with Crippen LogP contribution in [-0.2, 0) is 0 Å². The van der Waals surface area contributed by atoms with Crippen LogP contribution < -0.4 is 11.2 Å². The van der Waals surface area contributed by atoms with E-state index in [-0.39, 0.29) is 0 Å². The topological polar surface area (TPSA) is 41.3 Å². The van der Waals surface area contributed by atoms with Crippen molar-refractivity contribution < 1.29 is 0 Å². The number of rotatable bonds is 2. The number of hydrogen-bond donors (Lipinski definition) is 2. The smallest absolute Gasteiger partial charge is 0.0254 e. The summed E-state index contributed by atoms with van der Waals surface area (Å²) in [7, 11) is 0. The molecule has 3 heteroatoms. The molecule has 0 aromatic heterocycles. The van der Waals surface area contributed by atoms with Crippen molar-refractivity contribution in [3.05, 3.63) is 0 Å². The molecule has 0 aromatic rings. The molecule has 3 N–H and O–H groups in total. The van der Waals surface area contributed by atoms with Gasteiger partial charge < -0.3 is 5.73 Å². The quantitative estimate of drug-likeness (QED) is 0.569. The van der Waals surface area contributed by atoms with Crippen molar-refractivity contribution in [2.24, 2.45) is 5.73 Å². The highest BCUT2D eigenvalue weighted by atomic mass is 15.5. The third-order valence-electron chi connectivity index (χ3n) is 1.84. The Morgan fingerprint density at radius 2 is 2.20 bits per heavy atom. The normalized spacial score (nSPS) is 22.5. The van der Waals surface area contributed by atoms with Crippen LogP contribution in [0, 0.1) is 0 Å². The average Bonchev–Trinajstić information content (AvgIpc) is 2.17. The van der Waals surface area contributed by atoms with Crippen LogP contribution in [-0.4, -0.2) is 31.2 Å². The van der Waals surface area contributed by atoms with E-state index in [0.29, 0.717) is 0 Å². The molecule has 0 amide bonds. The lowest BCUT2D eigenvalue weighted by molar-refractivity contribution is 0.207. The van der Waals surface area contributed by atoms with Crippen LogP contribution in [0.4, 0.5) is 0 Å². The van der Waals surface area contributed by atoms with Gasteiger partial charge >= 0.3 is 0 Å². The molecule has 0 aliphatic carbocycles. The number of hydrazine groups is 1. The first-order valence-corrected chi connectivity index (χ1v) is 4.12. The highest BCUT2D eigenvalue weighted by molar-refractivity contribution is 4.58. The number of hydrogen-bond acceptors (Lipinski definition) is 3. The van der Waals surface area contributed by atoms with Gasteiger partial charge in [0.15, 0.2) is 0 Å². The number of nitrogens with zero attached hydrogens (tertiary/aromatic N) is 1. The summed E-state index contributed by atoms with van der Waals surface area (Å²) in [6.07, 6.45) is 3.97. The lowest BCUT2D eigenvalue weighted by Gasteiger charge is -2.19. The standard InChI is InChI=1S/C7H17N3/c8-4-7-10-6-3-1-2-5-9-10/h9H,1-8H2. The van der Waals surface area contributed by atoms with E-state index in [9.17, 15) is 0 Å². The molecule has 0 bridgehead atoms. The van der Waals surface area contributed by atoms with E-state index in [0.717, 1.165) is 26.2 Å². The van der Waals surface area contributed by atoms with Crippen molar-refractivity contribution in [3.8, 4) is 0 Å². The highest BCUT2D eigenvalue weighted by Gasteiger charge is 2.05. The maximum atomic E-state index is 5.43. The lowest BCUT2D eigenvalue weighted by Crippen LogP contribution is -2.40. The van der Waals surface area contributed by atoms with Crippen LogP contribution in [0.3, 0.4) is 0 Å². The minimum Gasteiger partial charge on any atom is -0.329 e. The fraction of sp³-hybridized carbons (Fsp3) is 1.00. The van der Waals surface area contributed by atoms with E-state index < -0.39 is 0 Å². The van der Waals surface area contributed by atoms with Crippen molar-refractivity contribution in [3.63, 3.8) is 0 Å². The van der Waals surface area contributed by atoms with E-state index in [2.05, 4.69) is 10.4 Å². The summed E-state index contributed by atoms with van der Waals surface area (Å²) in [5, 5.41) is 2.23. The molecular formula is C7H17N3. The van der Waals surface area contributed by atoms with Gasteiger partial charge in [0.25, 0.3) is 0 Å². The van der Waals surface area contributed by atoms with Crippen molar-refractivity contribution in [1.29, 1.82) is 0 Å². The van der Waals surface area contributed by atoms with Gasteiger partial charge in [-0.15, -0.1) is 0 Å². The van der Waals surface area contributed by atoms with Gasteiger partial charge in [-0.1, -0.05) is 6.42 Å². The van der Waals surface area contributed by atoms with Crippen molar-refractivity contribution in [2.75, 3.05) is 26.2 Å². The Balaban J connectivity index is 2.15. The molecular weight excluding hydrogens is 126 g/mol. The number of nitrogens with two attached hydrogens (primary N) is 1. The molecule has 0 spiro atoms. The summed E-state index contributed by atoms with van der Waals surface area (Å²) >= 11 is 0. The van der Waals surface area contributed by atoms with Crippen molar-refractivity contribution in [2.45, 2.75) is 19.3 Å². The Morgan fingerprint density at radius 3 is 3.00 bits per heavy atom. The molecule has 60 valence electrons. The fourth-order valence-corrected chi connectivity index (χ4v) is 1.27. The predicted molar refractivity (Wildman–Crippen MR) is 42.5 cm³/mol. The molecule has 10 heavy (non-hydrogen) atoms. The maximum absolute atomic E-state index is 5.43. The number of nitrogens with one attached hydrogen (secondary N) is 1. The zero-order chi connectivity index (χ0) is 7.23. The Kier molecular flexibility index (Phi) is 3.72. The molecule has 3 nitrogen and oxygen atoms in total. The molecule has 1 heterocycles. The fourth-order valence-electron chi connectivity index (χ4n) is 1.27. The zero-order valence-corrected chi connectivity index (χ0v) is 6.47. The molecule has 0 aromatic carbocycles. The summed E-state index contributed by atoms with van der Waals surface area (Å²) in [6.45, 7) is 4.03. The Labute approximate surface area is 62.5 Å². The molecule has 1 rings (SSSR count). The van der Waals surface area contributed by atoms with Gasteiger partial charge in [-0.3, -0.25) is 5.43 Å². The van der Waals surface area contributed by atoms with Gasteiger partial charge in [0.1, 0.15) is 0 Å². The molecule has 1 saturated heterocycles. The first-order chi connectivity index (χ1) is 4.93. The van der Waals surface area contributed by atoms with E-state index >= 15 is 0 Å². The Bertz CT molecular complexity index is 76.9. The summed E-state index contributed by atoms with van der Waals surface area (Å²) < 4.78 is 0. The second-order valence-corrected chi connectivity index (χ2v) is 2.74. The molecule has 0 radical (unpaired) electrons. The highest BCUT2D eigenvalue weighted by Crippen LogP contribution is 2.00. The molecule has 1 aliphatic rings. The van der Waals surface area contributed by atoms with Gasteiger partial charge in [-0.2, -0.15) is 0 Å². The van der Waals surface area contributed by atoms with Crippen LogP contribution in [0.1, 0.15) is 19.3 Å². The third kappa shape index (κ3) is 2.64. The first kappa shape index (κ1) is 7.98. The summed E-state index contributed by atoms with van der Waals surface area (Å²) in [6, 6.07) is 0. The molecule has 1 fully saturated rings. The minimum atomic E-state index is 0.757. The lowest BCUT2D eigenvalue weighted by atomic mass is 10.2. The molecule has 0 unspecified atom stereocenters. The van der Waals surface area contributed by atoms with Crippen LogP contribution in [0.25, 0.3) is 0 Å². The average molecular weight is 143 g/mol. The van der Waals surface area contributed by atoms with Gasteiger partial charge in [-0.05, 0) is 12.8 Å². The Hall–Kier alpha value is -0.120. The van der Waals surface area contributed by atoms with E-state index in [4.69, 9.17) is 5.73 Å².